The topological polar surface area (TPSA) is 38.0 Å². The maximum atomic E-state index is 10.7. The highest BCUT2D eigenvalue weighted by Gasteiger charge is 2.24. The van der Waals surface area contributed by atoms with Crippen LogP contribution in [-0.4, -0.2) is 14.9 Å². The third kappa shape index (κ3) is 2.49. The Balaban J connectivity index is 2.03. The third-order valence-electron chi connectivity index (χ3n) is 3.39. The van der Waals surface area contributed by atoms with Gasteiger partial charge in [-0.2, -0.15) is 5.10 Å². The van der Waals surface area contributed by atoms with E-state index in [1.54, 1.807) is 10.9 Å². The van der Waals surface area contributed by atoms with Crippen LogP contribution >= 0.6 is 0 Å². The molecular formula is C17H16N2O. The first kappa shape index (κ1) is 12.6. The quantitative estimate of drug-likeness (QED) is 0.785. The van der Waals surface area contributed by atoms with Crippen LogP contribution in [0.1, 0.15) is 23.3 Å². The second-order valence-electron chi connectivity index (χ2n) is 4.70. The van der Waals surface area contributed by atoms with E-state index in [9.17, 15) is 5.11 Å². The average molecular weight is 264 g/mol. The SMILES string of the molecule is OC(c1ccccc1)C(c1ccccc1)n1cccn1. The van der Waals surface area contributed by atoms with E-state index in [2.05, 4.69) is 5.10 Å². The van der Waals surface area contributed by atoms with Crippen LogP contribution in [-0.2, 0) is 0 Å². The number of nitrogens with zero attached hydrogens (tertiary/aromatic N) is 2. The summed E-state index contributed by atoms with van der Waals surface area (Å²) < 4.78 is 1.80. The van der Waals surface area contributed by atoms with Crippen molar-refractivity contribution < 1.29 is 5.11 Å². The van der Waals surface area contributed by atoms with E-state index in [0.29, 0.717) is 0 Å². The summed E-state index contributed by atoms with van der Waals surface area (Å²) in [6.07, 6.45) is 2.97. The zero-order valence-corrected chi connectivity index (χ0v) is 11.0. The third-order valence-corrected chi connectivity index (χ3v) is 3.39. The normalized spacial score (nSPS) is 13.8. The Bertz CT molecular complexity index is 635. The van der Waals surface area contributed by atoms with Gasteiger partial charge in [-0.3, -0.25) is 4.68 Å². The zero-order valence-electron chi connectivity index (χ0n) is 11.0. The van der Waals surface area contributed by atoms with Crippen molar-refractivity contribution in [1.82, 2.24) is 9.78 Å². The van der Waals surface area contributed by atoms with E-state index < -0.39 is 6.10 Å². The molecule has 1 N–H and O–H groups in total. The van der Waals surface area contributed by atoms with E-state index in [-0.39, 0.29) is 6.04 Å². The van der Waals surface area contributed by atoms with E-state index >= 15 is 0 Å². The first-order valence-corrected chi connectivity index (χ1v) is 6.63. The number of hydrogen-bond donors (Lipinski definition) is 1. The molecule has 2 unspecified atom stereocenters. The summed E-state index contributed by atoms with van der Waals surface area (Å²) in [4.78, 5) is 0. The van der Waals surface area contributed by atoms with Gasteiger partial charge in [0.2, 0.25) is 0 Å². The number of benzene rings is 2. The molecule has 100 valence electrons. The highest BCUT2D eigenvalue weighted by atomic mass is 16.3. The van der Waals surface area contributed by atoms with Crippen LogP contribution in [0.3, 0.4) is 0 Å². The molecule has 0 bridgehead atoms. The van der Waals surface area contributed by atoms with Gasteiger partial charge in [-0.15, -0.1) is 0 Å². The molecule has 0 radical (unpaired) electrons. The minimum absolute atomic E-state index is 0.228. The van der Waals surface area contributed by atoms with Crippen molar-refractivity contribution in [3.8, 4) is 0 Å². The summed E-state index contributed by atoms with van der Waals surface area (Å²) in [7, 11) is 0. The lowest BCUT2D eigenvalue weighted by Gasteiger charge is -2.24. The summed E-state index contributed by atoms with van der Waals surface area (Å²) in [5.41, 5.74) is 1.92. The molecule has 3 rings (SSSR count). The second-order valence-corrected chi connectivity index (χ2v) is 4.70. The number of aliphatic hydroxyl groups is 1. The van der Waals surface area contributed by atoms with Gasteiger partial charge in [0.15, 0.2) is 0 Å². The minimum Gasteiger partial charge on any atom is -0.386 e. The van der Waals surface area contributed by atoms with Crippen LogP contribution in [0.2, 0.25) is 0 Å². The highest BCUT2D eigenvalue weighted by molar-refractivity contribution is 5.26. The van der Waals surface area contributed by atoms with Gasteiger partial charge < -0.3 is 5.11 Å². The fraction of sp³-hybridized carbons (Fsp3) is 0.118. The lowest BCUT2D eigenvalue weighted by atomic mass is 9.96. The van der Waals surface area contributed by atoms with Gasteiger partial charge in [-0.05, 0) is 17.2 Å². The molecule has 3 heteroatoms. The van der Waals surface area contributed by atoms with Crippen LogP contribution < -0.4 is 0 Å². The predicted octanol–water partition coefficient (Wildman–Crippen LogP) is 3.21. The molecule has 0 saturated carbocycles. The molecule has 3 nitrogen and oxygen atoms in total. The van der Waals surface area contributed by atoms with Crippen molar-refractivity contribution in [2.75, 3.05) is 0 Å². The Kier molecular flexibility index (Phi) is 3.61. The van der Waals surface area contributed by atoms with Crippen molar-refractivity contribution in [3.05, 3.63) is 90.3 Å². The van der Waals surface area contributed by atoms with Crippen molar-refractivity contribution in [1.29, 1.82) is 0 Å². The lowest BCUT2D eigenvalue weighted by Crippen LogP contribution is -2.19. The number of aromatic nitrogens is 2. The van der Waals surface area contributed by atoms with Crippen LogP contribution in [0, 0.1) is 0 Å². The van der Waals surface area contributed by atoms with Crippen LogP contribution in [0.25, 0.3) is 0 Å². The number of aliphatic hydroxyl groups excluding tert-OH is 1. The van der Waals surface area contributed by atoms with Crippen LogP contribution in [0.4, 0.5) is 0 Å². The molecule has 0 aliphatic carbocycles. The fourth-order valence-electron chi connectivity index (χ4n) is 2.41. The first-order valence-electron chi connectivity index (χ1n) is 6.63. The van der Waals surface area contributed by atoms with Crippen molar-refractivity contribution in [2.45, 2.75) is 12.1 Å². The smallest absolute Gasteiger partial charge is 0.107 e. The molecule has 0 saturated heterocycles. The van der Waals surface area contributed by atoms with Gasteiger partial charge in [0.25, 0.3) is 0 Å². The standard InChI is InChI=1S/C17H16N2O/c20-17(15-10-5-2-6-11-15)16(19-13-7-12-18-19)14-8-3-1-4-9-14/h1-13,16-17,20H. The predicted molar refractivity (Wildman–Crippen MR) is 78.2 cm³/mol. The molecule has 3 aromatic rings. The first-order chi connectivity index (χ1) is 9.86. The summed E-state index contributed by atoms with van der Waals surface area (Å²) in [5, 5.41) is 15.0. The van der Waals surface area contributed by atoms with Crippen LogP contribution in [0.5, 0.6) is 0 Å². The van der Waals surface area contributed by atoms with Gasteiger partial charge in [0, 0.05) is 12.4 Å². The summed E-state index contributed by atoms with van der Waals surface area (Å²) >= 11 is 0. The number of rotatable bonds is 4. The molecule has 0 fully saturated rings. The van der Waals surface area contributed by atoms with Gasteiger partial charge in [0.05, 0.1) is 0 Å². The minimum atomic E-state index is -0.640. The number of hydrogen-bond acceptors (Lipinski definition) is 2. The molecular weight excluding hydrogens is 248 g/mol. The highest BCUT2D eigenvalue weighted by Crippen LogP contribution is 2.31. The Morgan fingerprint density at radius 1 is 0.800 bits per heavy atom. The monoisotopic (exact) mass is 264 g/mol. The molecule has 1 aromatic heterocycles. The van der Waals surface area contributed by atoms with Gasteiger partial charge >= 0.3 is 0 Å². The molecule has 0 spiro atoms. The Labute approximate surface area is 118 Å². The maximum absolute atomic E-state index is 10.7. The van der Waals surface area contributed by atoms with Crippen LogP contribution in [0.15, 0.2) is 79.1 Å². The lowest BCUT2D eigenvalue weighted by molar-refractivity contribution is 0.125. The van der Waals surface area contributed by atoms with Gasteiger partial charge in [-0.1, -0.05) is 60.7 Å². The molecule has 20 heavy (non-hydrogen) atoms. The molecule has 0 amide bonds. The summed E-state index contributed by atoms with van der Waals surface area (Å²) in [5.74, 6) is 0. The maximum Gasteiger partial charge on any atom is 0.107 e. The van der Waals surface area contributed by atoms with E-state index in [1.165, 1.54) is 0 Å². The largest absolute Gasteiger partial charge is 0.386 e. The molecule has 2 atom stereocenters. The van der Waals surface area contributed by atoms with Gasteiger partial charge in [0.1, 0.15) is 12.1 Å². The Morgan fingerprint density at radius 2 is 1.40 bits per heavy atom. The molecule has 0 aliphatic heterocycles. The summed E-state index contributed by atoms with van der Waals surface area (Å²) in [6, 6.07) is 21.3. The molecule has 1 heterocycles. The second kappa shape index (κ2) is 5.72. The summed E-state index contributed by atoms with van der Waals surface area (Å²) in [6.45, 7) is 0. The fourth-order valence-corrected chi connectivity index (χ4v) is 2.41. The molecule has 0 aliphatic rings. The van der Waals surface area contributed by atoms with Crippen molar-refractivity contribution >= 4 is 0 Å². The Hall–Kier alpha value is -2.39. The Morgan fingerprint density at radius 3 is 1.95 bits per heavy atom. The van der Waals surface area contributed by atoms with Crippen molar-refractivity contribution in [2.24, 2.45) is 0 Å². The van der Waals surface area contributed by atoms with E-state index in [1.807, 2.05) is 72.9 Å². The average Bonchev–Trinajstić information content (AvgIpc) is 3.03. The molecule has 2 aromatic carbocycles. The van der Waals surface area contributed by atoms with Crippen molar-refractivity contribution in [3.63, 3.8) is 0 Å². The van der Waals surface area contributed by atoms with E-state index in [4.69, 9.17) is 0 Å². The zero-order chi connectivity index (χ0) is 13.8. The van der Waals surface area contributed by atoms with E-state index in [0.717, 1.165) is 11.1 Å². The van der Waals surface area contributed by atoms with Gasteiger partial charge in [-0.25, -0.2) is 0 Å².